The van der Waals surface area contributed by atoms with Crippen molar-refractivity contribution in [2.24, 2.45) is 0 Å². The summed E-state index contributed by atoms with van der Waals surface area (Å²) in [6, 6.07) is 0. The Morgan fingerprint density at radius 3 is 3.00 bits per heavy atom. The normalized spacial score (nSPS) is 10.5. The first-order valence-corrected chi connectivity index (χ1v) is 5.17. The third kappa shape index (κ3) is 1.99. The van der Waals surface area contributed by atoms with Gasteiger partial charge >= 0.3 is 0 Å². The van der Waals surface area contributed by atoms with E-state index in [1.165, 1.54) is 6.33 Å². The lowest BCUT2D eigenvalue weighted by molar-refractivity contribution is 0.684. The molecule has 0 N–H and O–H groups in total. The number of aryl methyl sites for hydroxylation is 1. The summed E-state index contributed by atoms with van der Waals surface area (Å²) >= 11 is 6.01. The molecule has 0 bridgehead atoms. The number of hydrogen-bond acceptors (Lipinski definition) is 3. The molecule has 0 aliphatic carbocycles. The van der Waals surface area contributed by atoms with Gasteiger partial charge in [-0.25, -0.2) is 15.0 Å². The summed E-state index contributed by atoms with van der Waals surface area (Å²) in [7, 11) is 0. The molecular formula is C10H11ClN4. The van der Waals surface area contributed by atoms with E-state index in [0.717, 1.165) is 18.8 Å². The van der Waals surface area contributed by atoms with E-state index >= 15 is 0 Å². The number of aromatic nitrogens is 4. The van der Waals surface area contributed by atoms with E-state index in [2.05, 4.69) is 21.9 Å². The van der Waals surface area contributed by atoms with Gasteiger partial charge in [-0.3, -0.25) is 0 Å². The van der Waals surface area contributed by atoms with Crippen molar-refractivity contribution in [2.45, 2.75) is 19.9 Å². The van der Waals surface area contributed by atoms with Gasteiger partial charge in [-0.05, 0) is 6.42 Å². The lowest BCUT2D eigenvalue weighted by Gasteiger charge is -2.05. The molecule has 2 heterocycles. The predicted molar refractivity (Wildman–Crippen MR) is 58.6 cm³/mol. The predicted octanol–water partition coefficient (Wildman–Crippen LogP) is 2.40. The van der Waals surface area contributed by atoms with Crippen molar-refractivity contribution in [1.29, 1.82) is 0 Å². The van der Waals surface area contributed by atoms with Crippen molar-refractivity contribution < 1.29 is 0 Å². The Labute approximate surface area is 93.0 Å². The third-order valence-electron chi connectivity index (χ3n) is 2.06. The second-order valence-electron chi connectivity index (χ2n) is 3.16. The molecule has 0 aliphatic heterocycles. The van der Waals surface area contributed by atoms with Crippen molar-refractivity contribution in [2.75, 3.05) is 0 Å². The highest BCUT2D eigenvalue weighted by atomic mass is 35.5. The van der Waals surface area contributed by atoms with Crippen LogP contribution in [0.1, 0.15) is 13.3 Å². The zero-order chi connectivity index (χ0) is 10.7. The van der Waals surface area contributed by atoms with Crippen LogP contribution in [-0.4, -0.2) is 19.5 Å². The van der Waals surface area contributed by atoms with Gasteiger partial charge in [-0.1, -0.05) is 18.5 Å². The SMILES string of the molecule is CCCn1ccnc1-c1ncncc1Cl. The summed E-state index contributed by atoms with van der Waals surface area (Å²) in [5.74, 6) is 0.796. The Kier molecular flexibility index (Phi) is 2.97. The standard InChI is InChI=1S/C10H11ClN4/c1-2-4-15-5-3-13-10(15)9-8(11)6-12-7-14-9/h3,5-7H,2,4H2,1H3. The van der Waals surface area contributed by atoms with E-state index in [1.807, 2.05) is 10.8 Å². The van der Waals surface area contributed by atoms with Gasteiger partial charge in [0.15, 0.2) is 5.82 Å². The van der Waals surface area contributed by atoms with Crippen LogP contribution in [0.25, 0.3) is 11.5 Å². The molecule has 4 nitrogen and oxygen atoms in total. The smallest absolute Gasteiger partial charge is 0.160 e. The van der Waals surface area contributed by atoms with Crippen LogP contribution in [0.2, 0.25) is 5.02 Å². The number of nitrogens with zero attached hydrogens (tertiary/aromatic N) is 4. The Morgan fingerprint density at radius 2 is 2.27 bits per heavy atom. The molecule has 0 amide bonds. The van der Waals surface area contributed by atoms with Crippen LogP contribution in [0.5, 0.6) is 0 Å². The molecule has 0 radical (unpaired) electrons. The molecule has 0 atom stereocenters. The number of imidazole rings is 1. The van der Waals surface area contributed by atoms with Crippen molar-refractivity contribution in [3.05, 3.63) is 29.9 Å². The summed E-state index contributed by atoms with van der Waals surface area (Å²) in [5, 5.41) is 0.529. The zero-order valence-electron chi connectivity index (χ0n) is 8.39. The molecule has 0 aromatic carbocycles. The fraction of sp³-hybridized carbons (Fsp3) is 0.300. The molecule has 0 saturated heterocycles. The fourth-order valence-electron chi connectivity index (χ4n) is 1.42. The molecule has 2 aromatic heterocycles. The van der Waals surface area contributed by atoms with Crippen molar-refractivity contribution in [1.82, 2.24) is 19.5 Å². The highest BCUT2D eigenvalue weighted by molar-refractivity contribution is 6.32. The van der Waals surface area contributed by atoms with Crippen molar-refractivity contribution in [3.8, 4) is 11.5 Å². The van der Waals surface area contributed by atoms with E-state index < -0.39 is 0 Å². The van der Waals surface area contributed by atoms with Crippen LogP contribution in [0, 0.1) is 0 Å². The minimum atomic E-state index is 0.529. The molecule has 0 aliphatic rings. The fourth-order valence-corrected chi connectivity index (χ4v) is 1.61. The second-order valence-corrected chi connectivity index (χ2v) is 3.57. The molecule has 2 aromatic rings. The van der Waals surface area contributed by atoms with Gasteiger partial charge in [0.2, 0.25) is 0 Å². The number of hydrogen-bond donors (Lipinski definition) is 0. The first-order chi connectivity index (χ1) is 7.33. The third-order valence-corrected chi connectivity index (χ3v) is 2.34. The minimum absolute atomic E-state index is 0.529. The molecule has 0 fully saturated rings. The maximum atomic E-state index is 6.01. The lowest BCUT2D eigenvalue weighted by atomic mass is 10.3. The maximum absolute atomic E-state index is 6.01. The highest BCUT2D eigenvalue weighted by Gasteiger charge is 2.10. The topological polar surface area (TPSA) is 43.6 Å². The van der Waals surface area contributed by atoms with Gasteiger partial charge in [0, 0.05) is 25.1 Å². The van der Waals surface area contributed by atoms with Gasteiger partial charge < -0.3 is 4.57 Å². The van der Waals surface area contributed by atoms with Crippen molar-refractivity contribution >= 4 is 11.6 Å². The molecule has 78 valence electrons. The second kappa shape index (κ2) is 4.40. The van der Waals surface area contributed by atoms with Crippen LogP contribution in [0.15, 0.2) is 24.9 Å². The average Bonchev–Trinajstić information content (AvgIpc) is 2.67. The Hall–Kier alpha value is -1.42. The van der Waals surface area contributed by atoms with E-state index in [0.29, 0.717) is 10.7 Å². The van der Waals surface area contributed by atoms with Crippen molar-refractivity contribution in [3.63, 3.8) is 0 Å². The highest BCUT2D eigenvalue weighted by Crippen LogP contribution is 2.22. The maximum Gasteiger partial charge on any atom is 0.160 e. The Bertz CT molecular complexity index is 452. The van der Waals surface area contributed by atoms with Crippen LogP contribution in [0.3, 0.4) is 0 Å². The first kappa shape index (κ1) is 10.1. The minimum Gasteiger partial charge on any atom is -0.330 e. The van der Waals surface area contributed by atoms with E-state index in [-0.39, 0.29) is 0 Å². The molecule has 15 heavy (non-hydrogen) atoms. The van der Waals surface area contributed by atoms with Gasteiger partial charge in [0.25, 0.3) is 0 Å². The molecule has 5 heteroatoms. The molecule has 2 rings (SSSR count). The quantitative estimate of drug-likeness (QED) is 0.801. The lowest BCUT2D eigenvalue weighted by Crippen LogP contribution is -2.00. The Morgan fingerprint density at radius 1 is 1.40 bits per heavy atom. The molecule has 0 saturated carbocycles. The summed E-state index contributed by atoms with van der Waals surface area (Å²) in [4.78, 5) is 12.2. The van der Waals surface area contributed by atoms with E-state index in [4.69, 9.17) is 11.6 Å². The van der Waals surface area contributed by atoms with Gasteiger partial charge in [-0.2, -0.15) is 0 Å². The largest absolute Gasteiger partial charge is 0.330 e. The summed E-state index contributed by atoms with van der Waals surface area (Å²) in [6.45, 7) is 3.03. The summed E-state index contributed by atoms with van der Waals surface area (Å²) < 4.78 is 2.04. The summed E-state index contributed by atoms with van der Waals surface area (Å²) in [6.07, 6.45) is 7.79. The van der Waals surface area contributed by atoms with Crippen LogP contribution >= 0.6 is 11.6 Å². The van der Waals surface area contributed by atoms with E-state index in [1.54, 1.807) is 12.4 Å². The summed E-state index contributed by atoms with van der Waals surface area (Å²) in [5.41, 5.74) is 0.685. The van der Waals surface area contributed by atoms with Crippen LogP contribution < -0.4 is 0 Å². The van der Waals surface area contributed by atoms with Gasteiger partial charge in [0.1, 0.15) is 12.0 Å². The Balaban J connectivity index is 2.45. The number of halogens is 1. The van der Waals surface area contributed by atoms with E-state index in [9.17, 15) is 0 Å². The van der Waals surface area contributed by atoms with Crippen LogP contribution in [0.4, 0.5) is 0 Å². The molecule has 0 spiro atoms. The first-order valence-electron chi connectivity index (χ1n) is 4.80. The molecule has 0 unspecified atom stereocenters. The monoisotopic (exact) mass is 222 g/mol. The molecular weight excluding hydrogens is 212 g/mol. The zero-order valence-corrected chi connectivity index (χ0v) is 9.15. The van der Waals surface area contributed by atoms with Gasteiger partial charge in [-0.15, -0.1) is 0 Å². The average molecular weight is 223 g/mol. The van der Waals surface area contributed by atoms with Crippen LogP contribution in [-0.2, 0) is 6.54 Å². The van der Waals surface area contributed by atoms with Gasteiger partial charge in [0.05, 0.1) is 5.02 Å². The number of rotatable bonds is 3.